The largest absolute Gasteiger partial charge is 0.444 e. The van der Waals surface area contributed by atoms with Crippen LogP contribution < -0.4 is 10.6 Å². The zero-order valence-corrected chi connectivity index (χ0v) is 12.9. The molecule has 5 heteroatoms. The zero-order chi connectivity index (χ0) is 13.8. The Morgan fingerprint density at radius 3 is 2.50 bits per heavy atom. The van der Waals surface area contributed by atoms with Gasteiger partial charge in [0.25, 0.3) is 0 Å². The van der Waals surface area contributed by atoms with E-state index in [1.807, 2.05) is 32.5 Å². The van der Waals surface area contributed by atoms with E-state index in [1.165, 1.54) is 0 Å². The molecule has 1 unspecified atom stereocenters. The van der Waals surface area contributed by atoms with Crippen LogP contribution in [0.4, 0.5) is 4.79 Å². The summed E-state index contributed by atoms with van der Waals surface area (Å²) < 4.78 is 5.22. The molecule has 0 aliphatic heterocycles. The fourth-order valence-corrected chi connectivity index (χ4v) is 2.06. The van der Waals surface area contributed by atoms with Gasteiger partial charge in [0, 0.05) is 23.9 Å². The number of carbonyl (C=O) groups excluding carboxylic acids is 1. The van der Waals surface area contributed by atoms with Gasteiger partial charge in [-0.05, 0) is 39.9 Å². The summed E-state index contributed by atoms with van der Waals surface area (Å²) in [5.74, 6) is 0. The van der Waals surface area contributed by atoms with Gasteiger partial charge in [0.15, 0.2) is 0 Å². The topological polar surface area (TPSA) is 50.4 Å². The third-order valence-electron chi connectivity index (χ3n) is 2.96. The number of carbonyl (C=O) groups is 1. The van der Waals surface area contributed by atoms with E-state index in [9.17, 15) is 4.79 Å². The molecule has 0 saturated heterocycles. The molecule has 0 bridgehead atoms. The van der Waals surface area contributed by atoms with Crippen LogP contribution in [0.1, 0.15) is 40.5 Å². The lowest BCUT2D eigenvalue weighted by atomic mass is 9.87. The Bertz CT molecular complexity index is 273. The molecule has 2 N–H and O–H groups in total. The molecule has 1 fully saturated rings. The van der Waals surface area contributed by atoms with E-state index in [4.69, 9.17) is 4.74 Å². The molecular weight excluding hydrogens is 248 g/mol. The predicted molar refractivity (Wildman–Crippen MR) is 77.2 cm³/mol. The van der Waals surface area contributed by atoms with Crippen molar-refractivity contribution in [2.24, 2.45) is 0 Å². The standard InChI is InChI=1S/C13H26N2O2S/c1-9(18-5)8-14-10-6-11(7-10)15-12(16)17-13(2,3)4/h9-11,14H,6-8H2,1-5H3,(H,15,16). The number of hydrogen-bond donors (Lipinski definition) is 2. The van der Waals surface area contributed by atoms with E-state index < -0.39 is 5.60 Å². The number of amides is 1. The van der Waals surface area contributed by atoms with Crippen LogP contribution in [0, 0.1) is 0 Å². The number of rotatable bonds is 5. The Kier molecular flexibility index (Phi) is 5.79. The van der Waals surface area contributed by atoms with Crippen molar-refractivity contribution in [1.82, 2.24) is 10.6 Å². The molecular formula is C13H26N2O2S. The zero-order valence-electron chi connectivity index (χ0n) is 12.1. The minimum absolute atomic E-state index is 0.266. The minimum Gasteiger partial charge on any atom is -0.444 e. The fourth-order valence-electron chi connectivity index (χ4n) is 1.79. The van der Waals surface area contributed by atoms with E-state index in [2.05, 4.69) is 23.8 Å². The SMILES string of the molecule is CSC(C)CNC1CC(NC(=O)OC(C)(C)C)C1. The first kappa shape index (κ1) is 15.6. The van der Waals surface area contributed by atoms with Crippen LogP contribution in [0.15, 0.2) is 0 Å². The van der Waals surface area contributed by atoms with Crippen LogP contribution in [0.5, 0.6) is 0 Å². The van der Waals surface area contributed by atoms with Crippen molar-refractivity contribution >= 4 is 17.9 Å². The first-order chi connectivity index (χ1) is 8.30. The van der Waals surface area contributed by atoms with Gasteiger partial charge in [0.05, 0.1) is 0 Å². The Balaban J connectivity index is 2.10. The normalized spacial score (nSPS) is 25.2. The van der Waals surface area contributed by atoms with Gasteiger partial charge in [-0.25, -0.2) is 4.79 Å². The first-order valence-electron chi connectivity index (χ1n) is 6.56. The lowest BCUT2D eigenvalue weighted by Crippen LogP contribution is -2.53. The molecule has 106 valence electrons. The van der Waals surface area contributed by atoms with Gasteiger partial charge in [0.1, 0.15) is 5.60 Å². The predicted octanol–water partition coefficient (Wildman–Crippen LogP) is 2.38. The summed E-state index contributed by atoms with van der Waals surface area (Å²) >= 11 is 1.87. The van der Waals surface area contributed by atoms with E-state index in [1.54, 1.807) is 0 Å². The summed E-state index contributed by atoms with van der Waals surface area (Å²) in [4.78, 5) is 11.5. The van der Waals surface area contributed by atoms with Crippen LogP contribution in [0.3, 0.4) is 0 Å². The summed E-state index contributed by atoms with van der Waals surface area (Å²) in [6.45, 7) is 8.88. The molecule has 0 spiro atoms. The molecule has 0 aromatic carbocycles. The molecule has 0 aromatic rings. The smallest absolute Gasteiger partial charge is 0.407 e. The van der Waals surface area contributed by atoms with Crippen LogP contribution in [0.25, 0.3) is 0 Å². The average molecular weight is 274 g/mol. The maximum Gasteiger partial charge on any atom is 0.407 e. The van der Waals surface area contributed by atoms with Crippen molar-refractivity contribution in [1.29, 1.82) is 0 Å². The van der Waals surface area contributed by atoms with Crippen LogP contribution in [-0.4, -0.2) is 41.8 Å². The molecule has 1 saturated carbocycles. The molecule has 1 aliphatic rings. The lowest BCUT2D eigenvalue weighted by Gasteiger charge is -2.37. The molecule has 0 aromatic heterocycles. The second-order valence-corrected chi connectivity index (χ2v) is 7.24. The maximum atomic E-state index is 11.5. The molecule has 4 nitrogen and oxygen atoms in total. The molecule has 1 amide bonds. The Morgan fingerprint density at radius 1 is 1.39 bits per heavy atom. The highest BCUT2D eigenvalue weighted by Crippen LogP contribution is 2.21. The van der Waals surface area contributed by atoms with Crippen LogP contribution >= 0.6 is 11.8 Å². The quantitative estimate of drug-likeness (QED) is 0.808. The second-order valence-electron chi connectivity index (χ2n) is 5.97. The lowest BCUT2D eigenvalue weighted by molar-refractivity contribution is 0.0465. The number of nitrogens with one attached hydrogen (secondary N) is 2. The highest BCUT2D eigenvalue weighted by atomic mass is 32.2. The number of alkyl carbamates (subject to hydrolysis) is 1. The molecule has 0 radical (unpaired) electrons. The number of thioether (sulfide) groups is 1. The van der Waals surface area contributed by atoms with Gasteiger partial charge < -0.3 is 15.4 Å². The van der Waals surface area contributed by atoms with Crippen molar-refractivity contribution in [2.45, 2.75) is 63.5 Å². The average Bonchev–Trinajstić information content (AvgIpc) is 2.17. The second kappa shape index (κ2) is 6.66. The fraction of sp³-hybridized carbons (Fsp3) is 0.923. The van der Waals surface area contributed by atoms with Crippen molar-refractivity contribution < 1.29 is 9.53 Å². The molecule has 1 rings (SSSR count). The van der Waals surface area contributed by atoms with Crippen molar-refractivity contribution in [3.8, 4) is 0 Å². The maximum absolute atomic E-state index is 11.5. The monoisotopic (exact) mass is 274 g/mol. The van der Waals surface area contributed by atoms with Crippen molar-refractivity contribution in [2.75, 3.05) is 12.8 Å². The van der Waals surface area contributed by atoms with Gasteiger partial charge in [-0.15, -0.1) is 0 Å². The molecule has 1 atom stereocenters. The van der Waals surface area contributed by atoms with Gasteiger partial charge in [0.2, 0.25) is 0 Å². The number of hydrogen-bond acceptors (Lipinski definition) is 4. The highest BCUT2D eigenvalue weighted by Gasteiger charge is 2.31. The Labute approximate surface area is 115 Å². The third kappa shape index (κ3) is 5.96. The van der Waals surface area contributed by atoms with Gasteiger partial charge in [-0.2, -0.15) is 11.8 Å². The molecule has 1 aliphatic carbocycles. The van der Waals surface area contributed by atoms with Crippen LogP contribution in [0.2, 0.25) is 0 Å². The summed E-state index contributed by atoms with van der Waals surface area (Å²) in [6, 6.07) is 0.807. The van der Waals surface area contributed by atoms with Gasteiger partial charge in [-0.1, -0.05) is 6.92 Å². The van der Waals surface area contributed by atoms with E-state index in [-0.39, 0.29) is 12.1 Å². The first-order valence-corrected chi connectivity index (χ1v) is 7.84. The summed E-state index contributed by atoms with van der Waals surface area (Å²) in [7, 11) is 0. The van der Waals surface area contributed by atoms with E-state index in [0.29, 0.717) is 11.3 Å². The summed E-state index contributed by atoms with van der Waals surface area (Å²) in [5, 5.41) is 7.05. The summed E-state index contributed by atoms with van der Waals surface area (Å²) in [6.07, 6.45) is 3.82. The number of ether oxygens (including phenoxy) is 1. The van der Waals surface area contributed by atoms with Crippen molar-refractivity contribution in [3.63, 3.8) is 0 Å². The Hall–Kier alpha value is -0.420. The van der Waals surface area contributed by atoms with Gasteiger partial charge >= 0.3 is 6.09 Å². The van der Waals surface area contributed by atoms with Crippen molar-refractivity contribution in [3.05, 3.63) is 0 Å². The van der Waals surface area contributed by atoms with Crippen LogP contribution in [-0.2, 0) is 4.74 Å². The summed E-state index contributed by atoms with van der Waals surface area (Å²) in [5.41, 5.74) is -0.417. The molecule has 0 heterocycles. The Morgan fingerprint density at radius 2 is 2.00 bits per heavy atom. The van der Waals surface area contributed by atoms with Gasteiger partial charge in [-0.3, -0.25) is 0 Å². The van der Waals surface area contributed by atoms with E-state index >= 15 is 0 Å². The third-order valence-corrected chi connectivity index (χ3v) is 3.93. The van der Waals surface area contributed by atoms with E-state index in [0.717, 1.165) is 19.4 Å². The minimum atomic E-state index is -0.417. The molecule has 18 heavy (non-hydrogen) atoms. The highest BCUT2D eigenvalue weighted by molar-refractivity contribution is 7.99.